The van der Waals surface area contributed by atoms with Crippen LogP contribution >= 0.6 is 27.5 Å². The minimum atomic E-state index is -1.19. The number of allylic oxidation sites excluding steroid dienone is 2. The van der Waals surface area contributed by atoms with Crippen LogP contribution in [0.3, 0.4) is 0 Å². The zero-order valence-electron chi connectivity index (χ0n) is 25.5. The Balaban J connectivity index is 1.21. The number of benzene rings is 3. The summed E-state index contributed by atoms with van der Waals surface area (Å²) in [6, 6.07) is 17.3. The van der Waals surface area contributed by atoms with E-state index in [1.165, 1.54) is 34.7 Å². The van der Waals surface area contributed by atoms with Gasteiger partial charge in [0.2, 0.25) is 17.6 Å². The molecule has 0 radical (unpaired) electrons. The van der Waals surface area contributed by atoms with Crippen LogP contribution in [0.4, 0.5) is 10.1 Å². The molecule has 3 aliphatic rings. The number of pyridine rings is 1. The molecule has 1 aromatic heterocycles. The Labute approximate surface area is 283 Å². The minimum absolute atomic E-state index is 0.0607. The summed E-state index contributed by atoms with van der Waals surface area (Å²) < 4.78 is 20.0. The van der Waals surface area contributed by atoms with Gasteiger partial charge in [-0.3, -0.25) is 19.3 Å². The van der Waals surface area contributed by atoms with E-state index in [-0.39, 0.29) is 58.9 Å². The number of ketones is 1. The predicted octanol–water partition coefficient (Wildman–Crippen LogP) is 7.85. The van der Waals surface area contributed by atoms with Crippen molar-refractivity contribution in [3.63, 3.8) is 0 Å². The molecule has 5 atom stereocenters. The summed E-state index contributed by atoms with van der Waals surface area (Å²) in [5.74, 6) is -2.31. The van der Waals surface area contributed by atoms with Crippen molar-refractivity contribution in [1.29, 1.82) is 0 Å². The second-order valence-electron chi connectivity index (χ2n) is 12.4. The first kappa shape index (κ1) is 31.4. The van der Waals surface area contributed by atoms with E-state index in [1.54, 1.807) is 36.4 Å². The van der Waals surface area contributed by atoms with Gasteiger partial charge in [-0.25, -0.2) is 14.2 Å². The van der Waals surface area contributed by atoms with Gasteiger partial charge >= 0.3 is 5.97 Å². The summed E-state index contributed by atoms with van der Waals surface area (Å²) in [4.78, 5) is 60.1. The fourth-order valence-electron chi connectivity index (χ4n) is 7.42. The maximum Gasteiger partial charge on any atom is 0.339 e. The van der Waals surface area contributed by atoms with Gasteiger partial charge in [-0.1, -0.05) is 39.7 Å². The number of nitrogens with zero attached hydrogens (tertiary/aromatic N) is 2. The topological polar surface area (TPSA) is 93.6 Å². The van der Waals surface area contributed by atoms with Crippen LogP contribution in [0.1, 0.15) is 46.0 Å². The molecular formula is C37H29BrClFN2O5. The maximum atomic E-state index is 13.8. The van der Waals surface area contributed by atoms with Crippen LogP contribution in [-0.2, 0) is 14.3 Å². The van der Waals surface area contributed by atoms with E-state index in [4.69, 9.17) is 21.3 Å². The fraction of sp³-hybridized carbons (Fsp3) is 0.270. The van der Waals surface area contributed by atoms with Crippen LogP contribution in [0.2, 0.25) is 0 Å². The van der Waals surface area contributed by atoms with Gasteiger partial charge in [-0.2, -0.15) is 0 Å². The highest BCUT2D eigenvalue weighted by molar-refractivity contribution is 9.10. The van der Waals surface area contributed by atoms with Crippen LogP contribution in [0.5, 0.6) is 0 Å². The summed E-state index contributed by atoms with van der Waals surface area (Å²) in [6.45, 7) is 3.92. The lowest BCUT2D eigenvalue weighted by molar-refractivity contribution is -0.123. The largest absolute Gasteiger partial charge is 0.450 e. The van der Waals surface area contributed by atoms with Gasteiger partial charge in [0.05, 0.1) is 34.3 Å². The molecule has 2 heterocycles. The molecule has 1 aliphatic heterocycles. The molecule has 7 nitrogen and oxygen atoms in total. The van der Waals surface area contributed by atoms with Crippen LogP contribution < -0.4 is 4.90 Å². The highest BCUT2D eigenvalue weighted by Crippen LogP contribution is 2.56. The lowest BCUT2D eigenvalue weighted by atomic mass is 9.82. The third-order valence-corrected chi connectivity index (χ3v) is 10.3. The molecule has 3 aromatic carbocycles. The molecule has 2 amide bonds. The number of halogens is 3. The lowest BCUT2D eigenvalue weighted by Crippen LogP contribution is -2.32. The number of fused-ring (bicyclic) bond motifs is 6. The molecule has 238 valence electrons. The molecule has 4 aromatic rings. The summed E-state index contributed by atoms with van der Waals surface area (Å²) in [6.07, 6.45) is 1.90. The molecule has 0 spiro atoms. The molecule has 10 heteroatoms. The molecular weight excluding hydrogens is 687 g/mol. The van der Waals surface area contributed by atoms with Crippen LogP contribution in [0.15, 0.2) is 82.9 Å². The molecule has 0 N–H and O–H groups in total. The Morgan fingerprint density at radius 1 is 1.02 bits per heavy atom. The van der Waals surface area contributed by atoms with E-state index in [1.807, 2.05) is 19.9 Å². The number of anilines is 1. The van der Waals surface area contributed by atoms with E-state index in [9.17, 15) is 23.6 Å². The first-order valence-corrected chi connectivity index (χ1v) is 16.7. The molecule has 47 heavy (non-hydrogen) atoms. The molecule has 2 aliphatic carbocycles. The van der Waals surface area contributed by atoms with Crippen molar-refractivity contribution >= 4 is 67.7 Å². The third-order valence-electron chi connectivity index (χ3n) is 9.63. The zero-order chi connectivity index (χ0) is 33.1. The Morgan fingerprint density at radius 3 is 2.43 bits per heavy atom. The lowest BCUT2D eigenvalue weighted by Gasteiger charge is -2.19. The number of Topliss-reactive ketones (excluding diaryl/α,β-unsaturated/α-hetero) is 1. The number of aryl methyl sites for hydroxylation is 1. The van der Waals surface area contributed by atoms with E-state index in [0.29, 0.717) is 27.8 Å². The van der Waals surface area contributed by atoms with Crippen LogP contribution in [0.25, 0.3) is 22.2 Å². The number of alkyl halides is 1. The van der Waals surface area contributed by atoms with Gasteiger partial charge in [0.1, 0.15) is 5.82 Å². The summed E-state index contributed by atoms with van der Waals surface area (Å²) in [5, 5.41) is 0.527. The zero-order valence-corrected chi connectivity index (χ0v) is 27.8. The van der Waals surface area contributed by atoms with Crippen molar-refractivity contribution in [2.24, 2.45) is 23.7 Å². The Bertz CT molecular complexity index is 2010. The van der Waals surface area contributed by atoms with Crippen molar-refractivity contribution < 1.29 is 28.3 Å². The van der Waals surface area contributed by atoms with E-state index >= 15 is 0 Å². The normalized spacial score (nSPS) is 22.1. The van der Waals surface area contributed by atoms with Gasteiger partial charge in [0.25, 0.3) is 0 Å². The highest BCUT2D eigenvalue weighted by Gasteiger charge is 2.60. The molecule has 2 fully saturated rings. The maximum absolute atomic E-state index is 13.8. The van der Waals surface area contributed by atoms with Crippen LogP contribution in [0, 0.1) is 36.4 Å². The summed E-state index contributed by atoms with van der Waals surface area (Å²) in [5.41, 5.74) is 4.59. The van der Waals surface area contributed by atoms with E-state index in [2.05, 4.69) is 22.0 Å². The molecule has 1 saturated heterocycles. The van der Waals surface area contributed by atoms with Crippen molar-refractivity contribution in [2.75, 3.05) is 10.8 Å². The molecule has 5 unspecified atom stereocenters. The second kappa shape index (κ2) is 12.1. The Kier molecular flexibility index (Phi) is 8.09. The SMILES string of the molecule is CC1=CC2CC1C1C(=O)N(c3ccc(-c4cc(C(=O)OC(CCCl)C(=O)c5ccc(F)cc5)c5cc(Br)cc(C)c5n4)cc3)C(=O)C21. The Hall–Kier alpha value is -4.21. The van der Waals surface area contributed by atoms with Gasteiger partial charge in [-0.15, -0.1) is 11.6 Å². The van der Waals surface area contributed by atoms with E-state index < -0.39 is 23.7 Å². The highest BCUT2D eigenvalue weighted by atomic mass is 79.9. The molecule has 1 saturated carbocycles. The average molecular weight is 716 g/mol. The summed E-state index contributed by atoms with van der Waals surface area (Å²) >= 11 is 9.49. The smallest absolute Gasteiger partial charge is 0.339 e. The number of rotatable bonds is 8. The standard InChI is InChI=1S/C37H29BrClFN2O5/c1-18-13-22-15-26(18)32-31(22)35(44)42(36(32)45)25-9-5-20(6-10-25)29-17-28(27-16-23(38)14-19(2)33(27)41-29)37(46)47-30(11-12-39)34(43)21-3-7-24(40)8-4-21/h3-10,13-14,16-17,22,26,30-32H,11-12,15H2,1-2H3. The third kappa shape index (κ3) is 5.39. The average Bonchev–Trinajstić information content (AvgIpc) is 3.70. The van der Waals surface area contributed by atoms with Crippen molar-refractivity contribution in [3.05, 3.63) is 105 Å². The van der Waals surface area contributed by atoms with Gasteiger partial charge in [0, 0.05) is 33.3 Å². The first-order valence-electron chi connectivity index (χ1n) is 15.4. The minimum Gasteiger partial charge on any atom is -0.450 e. The number of hydrogen-bond donors (Lipinski definition) is 0. The number of carbonyl (C=O) groups excluding carboxylic acids is 4. The summed E-state index contributed by atoms with van der Waals surface area (Å²) in [7, 11) is 0. The quantitative estimate of drug-likeness (QED) is 0.0607. The predicted molar refractivity (Wildman–Crippen MR) is 180 cm³/mol. The van der Waals surface area contributed by atoms with E-state index in [0.717, 1.165) is 16.5 Å². The monoisotopic (exact) mass is 714 g/mol. The van der Waals surface area contributed by atoms with Crippen molar-refractivity contribution in [2.45, 2.75) is 32.8 Å². The molecule has 2 bridgehead atoms. The number of amides is 2. The number of hydrogen-bond acceptors (Lipinski definition) is 6. The van der Waals surface area contributed by atoms with Crippen LogP contribution in [-0.4, -0.2) is 40.5 Å². The number of ether oxygens (including phenoxy) is 1. The first-order chi connectivity index (χ1) is 22.5. The number of imide groups is 1. The van der Waals surface area contributed by atoms with Crippen molar-refractivity contribution in [3.8, 4) is 11.3 Å². The fourth-order valence-corrected chi connectivity index (χ4v) is 8.19. The van der Waals surface area contributed by atoms with Crippen molar-refractivity contribution in [1.82, 2.24) is 4.98 Å². The van der Waals surface area contributed by atoms with Gasteiger partial charge in [0.15, 0.2) is 6.10 Å². The number of carbonyl (C=O) groups is 4. The molecule has 7 rings (SSSR count). The number of aromatic nitrogens is 1. The Morgan fingerprint density at radius 2 is 1.72 bits per heavy atom. The number of esters is 1. The van der Waals surface area contributed by atoms with Gasteiger partial charge < -0.3 is 4.74 Å². The second-order valence-corrected chi connectivity index (χ2v) is 13.7. The van der Waals surface area contributed by atoms with Gasteiger partial charge in [-0.05, 0) is 92.3 Å².